The summed E-state index contributed by atoms with van der Waals surface area (Å²) in [6.07, 6.45) is 5.22. The van der Waals surface area contributed by atoms with Gasteiger partial charge in [0.15, 0.2) is 6.10 Å². The first-order valence-electron chi connectivity index (χ1n) is 20.8. The molecular weight excluding hydrogens is 741 g/mol. The number of esters is 3. The van der Waals surface area contributed by atoms with Gasteiger partial charge in [-0.05, 0) is 55.5 Å². The first kappa shape index (κ1) is 37.8. The lowest BCUT2D eigenvalue weighted by molar-refractivity contribution is -0.228. The molecule has 11 atom stereocenters. The summed E-state index contributed by atoms with van der Waals surface area (Å²) >= 11 is 0. The highest BCUT2D eigenvalue weighted by Gasteiger charge is 2.80. The predicted octanol–water partition coefficient (Wildman–Crippen LogP) is 3.96. The summed E-state index contributed by atoms with van der Waals surface area (Å²) in [7, 11) is 6.21. The minimum atomic E-state index is -2.28. The van der Waals surface area contributed by atoms with E-state index in [0.717, 1.165) is 52.9 Å². The molecule has 1 spiro atoms. The van der Waals surface area contributed by atoms with Crippen molar-refractivity contribution in [1.82, 2.24) is 14.8 Å². The van der Waals surface area contributed by atoms with Gasteiger partial charge in [-0.3, -0.25) is 19.4 Å². The second-order valence-electron chi connectivity index (χ2n) is 18.0. The number of H-pyrrole nitrogens is 1. The smallest absolute Gasteiger partial charge is 0.344 e. The minimum absolute atomic E-state index is 0.000637. The van der Waals surface area contributed by atoms with Crippen LogP contribution in [0.15, 0.2) is 48.6 Å². The summed E-state index contributed by atoms with van der Waals surface area (Å²) in [5.74, 6) is -1.37. The van der Waals surface area contributed by atoms with Crippen LogP contribution in [0, 0.1) is 11.3 Å². The molecule has 58 heavy (non-hydrogen) atoms. The molecule has 1 unspecified atom stereocenters. The molecule has 1 aliphatic carbocycles. The van der Waals surface area contributed by atoms with E-state index in [1.165, 1.54) is 21.1 Å². The van der Waals surface area contributed by atoms with Crippen LogP contribution in [0.1, 0.15) is 68.8 Å². The number of aromatic amines is 1. The quantitative estimate of drug-likeness (QED) is 0.155. The number of hydrogen-bond donors (Lipinski definition) is 2. The molecular formula is C45H54N4O9. The van der Waals surface area contributed by atoms with Gasteiger partial charge in [0.25, 0.3) is 0 Å². The van der Waals surface area contributed by atoms with Crippen molar-refractivity contribution in [3.8, 4) is 5.75 Å². The van der Waals surface area contributed by atoms with E-state index in [1.54, 1.807) is 7.11 Å². The van der Waals surface area contributed by atoms with Crippen LogP contribution >= 0.6 is 0 Å². The summed E-state index contributed by atoms with van der Waals surface area (Å²) in [5, 5.41) is 14.4. The summed E-state index contributed by atoms with van der Waals surface area (Å²) < 4.78 is 30.6. The van der Waals surface area contributed by atoms with E-state index in [0.29, 0.717) is 50.2 Å². The fourth-order valence-corrected chi connectivity index (χ4v) is 13.7. The number of anilines is 1. The second-order valence-corrected chi connectivity index (χ2v) is 18.0. The van der Waals surface area contributed by atoms with Crippen molar-refractivity contribution in [3.05, 3.63) is 70.9 Å². The molecule has 2 aromatic carbocycles. The summed E-state index contributed by atoms with van der Waals surface area (Å²) in [5.41, 5.74) is -0.688. The number of nitrogens with zero attached hydrogens (tertiary/aromatic N) is 3. The Morgan fingerprint density at radius 3 is 2.50 bits per heavy atom. The number of aliphatic hydroxyl groups is 1. The Labute approximate surface area is 338 Å². The van der Waals surface area contributed by atoms with Gasteiger partial charge in [0.1, 0.15) is 16.8 Å². The van der Waals surface area contributed by atoms with Gasteiger partial charge in [-0.25, -0.2) is 4.79 Å². The van der Waals surface area contributed by atoms with E-state index in [4.69, 9.17) is 23.7 Å². The first-order chi connectivity index (χ1) is 27.8. The Morgan fingerprint density at radius 2 is 1.79 bits per heavy atom. The number of nitrogens with one attached hydrogen (secondary N) is 1. The molecule has 0 amide bonds. The zero-order valence-corrected chi connectivity index (χ0v) is 34.4. The number of likely N-dealkylation sites (N-methyl/N-ethyl adjacent to an activating group) is 1. The van der Waals surface area contributed by atoms with E-state index >= 15 is 4.79 Å². The summed E-state index contributed by atoms with van der Waals surface area (Å²) in [4.78, 5) is 53.3. The lowest BCUT2D eigenvalue weighted by Crippen LogP contribution is -2.81. The average Bonchev–Trinajstić information content (AvgIpc) is 3.56. The number of ether oxygens (including phenoxy) is 5. The van der Waals surface area contributed by atoms with E-state index < -0.39 is 51.9 Å². The lowest BCUT2D eigenvalue weighted by atomic mass is 9.47. The van der Waals surface area contributed by atoms with Crippen molar-refractivity contribution < 1.29 is 43.2 Å². The number of carbonyl (C=O) groups excluding carboxylic acids is 3. The second kappa shape index (κ2) is 12.5. The third kappa shape index (κ3) is 4.43. The third-order valence-corrected chi connectivity index (χ3v) is 15.7. The predicted molar refractivity (Wildman–Crippen MR) is 214 cm³/mol. The maximum Gasteiger partial charge on any atom is 0.344 e. The van der Waals surface area contributed by atoms with Crippen LogP contribution in [0.4, 0.5) is 5.69 Å². The van der Waals surface area contributed by atoms with Gasteiger partial charge in [0.2, 0.25) is 5.60 Å². The Hall–Kier alpha value is -4.43. The van der Waals surface area contributed by atoms with Crippen LogP contribution in [0.5, 0.6) is 5.75 Å². The number of fused-ring (bicyclic) bond motifs is 8. The zero-order valence-electron chi connectivity index (χ0n) is 34.4. The Balaban J connectivity index is 1.28. The molecule has 3 saturated heterocycles. The van der Waals surface area contributed by atoms with E-state index in [9.17, 15) is 14.7 Å². The first-order valence-corrected chi connectivity index (χ1v) is 20.8. The molecule has 1 saturated carbocycles. The van der Waals surface area contributed by atoms with Gasteiger partial charge in [0.05, 0.1) is 33.5 Å². The molecule has 7 heterocycles. The lowest BCUT2D eigenvalue weighted by Gasteiger charge is -2.63. The molecule has 308 valence electrons. The van der Waals surface area contributed by atoms with Crippen LogP contribution in [-0.2, 0) is 50.7 Å². The third-order valence-electron chi connectivity index (χ3n) is 15.7. The number of piperidine rings is 1. The topological polar surface area (TPSA) is 146 Å². The SMILES string of the molecule is CC[C@]12CN3Cc4c([nH]c5ccccc45)[C@@](C(=O)OC)(c4cc5c(cc4OC)N(C)[C@H]4[C@@](O)(C(=O)OC)[C@H](OC(C)=O)[C@]6(CC)C=CCN7CC[C@]54[C@@H]76)C[C@@H](C3)[C@H]1O2. The fourth-order valence-electron chi connectivity index (χ4n) is 13.7. The number of carbonyl (C=O) groups is 3. The van der Waals surface area contributed by atoms with Gasteiger partial charge >= 0.3 is 17.9 Å². The number of aromatic nitrogens is 1. The van der Waals surface area contributed by atoms with E-state index in [1.807, 2.05) is 37.1 Å². The highest BCUT2D eigenvalue weighted by molar-refractivity contribution is 5.95. The van der Waals surface area contributed by atoms with Crippen molar-refractivity contribution in [1.29, 1.82) is 0 Å². The number of rotatable bonds is 7. The van der Waals surface area contributed by atoms with E-state index in [2.05, 4.69) is 52.1 Å². The van der Waals surface area contributed by atoms with Crippen molar-refractivity contribution >= 4 is 34.5 Å². The van der Waals surface area contributed by atoms with Gasteiger partial charge in [0, 0.05) is 96.9 Å². The molecule has 0 radical (unpaired) electrons. The fraction of sp³-hybridized carbons (Fsp3) is 0.578. The highest BCUT2D eigenvalue weighted by atomic mass is 16.6. The number of epoxide rings is 1. The average molecular weight is 795 g/mol. The minimum Gasteiger partial charge on any atom is -0.496 e. The molecule has 1 aromatic heterocycles. The maximum atomic E-state index is 15.3. The van der Waals surface area contributed by atoms with Gasteiger partial charge in [-0.1, -0.05) is 44.2 Å². The van der Waals surface area contributed by atoms with Crippen LogP contribution in [0.3, 0.4) is 0 Å². The van der Waals surface area contributed by atoms with Gasteiger partial charge in [-0.15, -0.1) is 0 Å². The van der Waals surface area contributed by atoms with Gasteiger partial charge < -0.3 is 38.7 Å². The largest absolute Gasteiger partial charge is 0.496 e. The number of benzene rings is 2. The Bertz CT molecular complexity index is 2290. The van der Waals surface area contributed by atoms with Crippen molar-refractivity contribution in [2.45, 2.75) is 99.3 Å². The van der Waals surface area contributed by atoms with Gasteiger partial charge in [-0.2, -0.15) is 0 Å². The zero-order chi connectivity index (χ0) is 40.7. The standard InChI is InChI=1S/C45H54N4O9/c1-8-41-15-12-17-49-18-16-43(36(41)49)29-19-30(33(54-5)20-32(29)47(4)37(43)45(53,40(52)56-7)38(41)57-25(3)50)44(39(51)55-6)21-26-22-48(24-42(9-2)35(26)58-42)23-28-27-13-10-11-14-31(27)46-34(28)44/h10-15,19-20,26,35-38,46,53H,8-9,16-18,21-24H2,1-7H3/t26-,35+,36-,37+,38+,41+,42-,43+,44-,45-/m0/s1. The van der Waals surface area contributed by atoms with E-state index in [-0.39, 0.29) is 23.7 Å². The monoisotopic (exact) mass is 794 g/mol. The molecule has 3 aromatic rings. The number of methoxy groups -OCH3 is 3. The molecule has 13 heteroatoms. The molecule has 2 N–H and O–H groups in total. The number of hydrogen-bond acceptors (Lipinski definition) is 12. The molecule has 7 aliphatic rings. The van der Waals surface area contributed by atoms with Crippen LogP contribution in [-0.4, -0.2) is 128 Å². The summed E-state index contributed by atoms with van der Waals surface area (Å²) in [6.45, 7) is 9.07. The molecule has 10 rings (SSSR count). The Kier molecular flexibility index (Phi) is 8.18. The number of para-hydroxylation sites is 1. The summed E-state index contributed by atoms with van der Waals surface area (Å²) in [6, 6.07) is 11.1. The molecule has 2 bridgehead atoms. The van der Waals surface area contributed by atoms with Crippen LogP contribution in [0.25, 0.3) is 10.9 Å². The van der Waals surface area contributed by atoms with Crippen molar-refractivity contribution in [2.24, 2.45) is 11.3 Å². The van der Waals surface area contributed by atoms with Crippen molar-refractivity contribution in [2.75, 3.05) is 59.5 Å². The van der Waals surface area contributed by atoms with Crippen molar-refractivity contribution in [3.63, 3.8) is 0 Å². The maximum absolute atomic E-state index is 15.3. The molecule has 6 aliphatic heterocycles. The highest BCUT2D eigenvalue weighted by Crippen LogP contribution is 2.68. The molecule has 13 nitrogen and oxygen atoms in total. The van der Waals surface area contributed by atoms with Crippen LogP contribution < -0.4 is 9.64 Å². The van der Waals surface area contributed by atoms with Crippen LogP contribution in [0.2, 0.25) is 0 Å². The Morgan fingerprint density at radius 1 is 1.02 bits per heavy atom. The molecule has 4 fully saturated rings. The normalized spacial score (nSPS) is 39.0.